The maximum atomic E-state index is 14.0. The molecule has 3 aromatic carbocycles. The van der Waals surface area contributed by atoms with Crippen LogP contribution in [-0.2, 0) is 6.61 Å². The first-order chi connectivity index (χ1) is 15.5. The van der Waals surface area contributed by atoms with E-state index < -0.39 is 23.8 Å². The largest absolute Gasteiger partial charge is 0.618 e. The molecule has 0 saturated heterocycles. The average Bonchev–Trinajstić information content (AvgIpc) is 2.80. The molecule has 0 N–H and O–H groups in total. The molecule has 0 amide bonds. The maximum Gasteiger partial charge on any atom is 0.357 e. The number of halogens is 2. The van der Waals surface area contributed by atoms with Crippen LogP contribution in [0.15, 0.2) is 65.5 Å². The van der Waals surface area contributed by atoms with Crippen molar-refractivity contribution in [2.75, 3.05) is 14.2 Å². The zero-order chi connectivity index (χ0) is 22.8. The fourth-order valence-corrected chi connectivity index (χ4v) is 3.37. The summed E-state index contributed by atoms with van der Waals surface area (Å²) in [5, 5.41) is 13.1. The van der Waals surface area contributed by atoms with E-state index in [0.717, 1.165) is 16.9 Å². The van der Waals surface area contributed by atoms with Gasteiger partial charge in [-0.05, 0) is 36.4 Å². The number of aromatic nitrogens is 2. The molecule has 1 aromatic heterocycles. The molecule has 0 radical (unpaired) electrons. The Morgan fingerprint density at radius 2 is 1.62 bits per heavy atom. The van der Waals surface area contributed by atoms with E-state index in [9.17, 15) is 18.8 Å². The summed E-state index contributed by atoms with van der Waals surface area (Å²) in [6, 6.07) is 14.2. The molecule has 0 atom stereocenters. The lowest BCUT2D eigenvalue weighted by molar-refractivity contribution is -0.566. The number of benzene rings is 3. The van der Waals surface area contributed by atoms with E-state index >= 15 is 0 Å². The highest BCUT2D eigenvalue weighted by Crippen LogP contribution is 2.30. The van der Waals surface area contributed by atoms with Gasteiger partial charge in [-0.1, -0.05) is 18.2 Å². The number of para-hydroxylation sites is 2. The monoisotopic (exact) mass is 440 g/mol. The fourth-order valence-electron chi connectivity index (χ4n) is 3.37. The summed E-state index contributed by atoms with van der Waals surface area (Å²) in [4.78, 5) is 18.8. The Morgan fingerprint density at radius 3 is 2.31 bits per heavy atom. The Morgan fingerprint density at radius 1 is 0.938 bits per heavy atom. The van der Waals surface area contributed by atoms with Crippen LogP contribution in [0.1, 0.15) is 5.56 Å². The van der Waals surface area contributed by atoms with Crippen LogP contribution in [0.5, 0.6) is 11.5 Å². The highest BCUT2D eigenvalue weighted by atomic mass is 19.1. The molecular weight excluding hydrogens is 422 g/mol. The Labute approximate surface area is 181 Å². The molecule has 0 saturated carbocycles. The Bertz CT molecular complexity index is 1350. The maximum absolute atomic E-state index is 14.0. The highest BCUT2D eigenvalue weighted by Gasteiger charge is 2.25. The smallest absolute Gasteiger partial charge is 0.357 e. The summed E-state index contributed by atoms with van der Waals surface area (Å²) in [5.41, 5.74) is -0.862. The zero-order valence-corrected chi connectivity index (χ0v) is 17.2. The van der Waals surface area contributed by atoms with Gasteiger partial charge in [-0.25, -0.2) is 8.78 Å². The fraction of sp³-hybridized carbons (Fsp3) is 0.130. The molecule has 4 aromatic rings. The molecule has 9 heteroatoms. The number of rotatable bonds is 6. The Hall–Kier alpha value is -4.14. The van der Waals surface area contributed by atoms with Gasteiger partial charge in [0.1, 0.15) is 18.2 Å². The number of hydrogen-bond acceptors (Lipinski definition) is 5. The second kappa shape index (κ2) is 8.54. The first kappa shape index (κ1) is 21.1. The van der Waals surface area contributed by atoms with Gasteiger partial charge in [0.15, 0.2) is 17.0 Å². The van der Waals surface area contributed by atoms with Gasteiger partial charge in [-0.3, -0.25) is 4.79 Å². The van der Waals surface area contributed by atoms with E-state index in [1.54, 1.807) is 18.2 Å². The van der Waals surface area contributed by atoms with Crippen LogP contribution < -0.4 is 24.6 Å². The van der Waals surface area contributed by atoms with Crippen LogP contribution in [0.3, 0.4) is 0 Å². The number of methoxy groups -OCH3 is 2. The van der Waals surface area contributed by atoms with Crippen LogP contribution >= 0.6 is 0 Å². The van der Waals surface area contributed by atoms with E-state index in [4.69, 9.17) is 14.3 Å². The first-order valence-electron chi connectivity index (χ1n) is 9.52. The van der Waals surface area contributed by atoms with Crippen molar-refractivity contribution in [3.8, 4) is 22.8 Å². The van der Waals surface area contributed by atoms with Gasteiger partial charge in [-0.15, -0.1) is 4.73 Å². The van der Waals surface area contributed by atoms with Crippen LogP contribution in [0.2, 0.25) is 0 Å². The van der Waals surface area contributed by atoms with Crippen LogP contribution in [-0.4, -0.2) is 19.0 Å². The number of fused-ring (bicyclic) bond motifs is 1. The minimum Gasteiger partial charge on any atom is -0.618 e. The topological polar surface area (TPSA) is 76.6 Å². The summed E-state index contributed by atoms with van der Waals surface area (Å²) in [7, 11) is 2.89. The molecule has 0 bridgehead atoms. The molecule has 0 fully saturated rings. The summed E-state index contributed by atoms with van der Waals surface area (Å²) < 4.78 is 39.9. The first-order valence-corrected chi connectivity index (χ1v) is 9.52. The molecular formula is C23H18F2N2O5. The number of ether oxygens (including phenoxy) is 2. The predicted molar refractivity (Wildman–Crippen MR) is 112 cm³/mol. The Kier molecular flexibility index (Phi) is 5.63. The predicted octanol–water partition coefficient (Wildman–Crippen LogP) is 3.23. The SMILES string of the molecule is COc1ccc(-c2c(=O)n(OCc3c(F)cccc3F)c3ccccc3[n+]2[O-])cc1OC. The van der Waals surface area contributed by atoms with Crippen molar-refractivity contribution in [2.45, 2.75) is 6.61 Å². The summed E-state index contributed by atoms with van der Waals surface area (Å²) in [5.74, 6) is -0.880. The second-order valence-electron chi connectivity index (χ2n) is 6.77. The van der Waals surface area contributed by atoms with E-state index in [1.807, 2.05) is 0 Å². The van der Waals surface area contributed by atoms with E-state index in [1.165, 1.54) is 44.6 Å². The summed E-state index contributed by atoms with van der Waals surface area (Å²) >= 11 is 0. The quantitative estimate of drug-likeness (QED) is 0.340. The molecule has 7 nitrogen and oxygen atoms in total. The van der Waals surface area contributed by atoms with Gasteiger partial charge in [0, 0.05) is 6.07 Å². The highest BCUT2D eigenvalue weighted by molar-refractivity contribution is 5.73. The zero-order valence-electron chi connectivity index (χ0n) is 17.2. The van der Waals surface area contributed by atoms with Gasteiger partial charge in [0.05, 0.1) is 25.3 Å². The van der Waals surface area contributed by atoms with Crippen molar-refractivity contribution in [2.24, 2.45) is 0 Å². The molecule has 0 aliphatic carbocycles. The van der Waals surface area contributed by atoms with Crippen molar-refractivity contribution in [1.29, 1.82) is 0 Å². The van der Waals surface area contributed by atoms with Gasteiger partial charge < -0.3 is 19.5 Å². The van der Waals surface area contributed by atoms with Gasteiger partial charge in [0.2, 0.25) is 5.52 Å². The number of nitrogens with zero attached hydrogens (tertiary/aromatic N) is 2. The van der Waals surface area contributed by atoms with E-state index in [-0.39, 0.29) is 27.9 Å². The third kappa shape index (κ3) is 3.58. The summed E-state index contributed by atoms with van der Waals surface area (Å²) in [6.45, 7) is -0.559. The van der Waals surface area contributed by atoms with Crippen LogP contribution in [0.4, 0.5) is 8.78 Å². The third-order valence-corrected chi connectivity index (χ3v) is 4.97. The number of hydrogen-bond donors (Lipinski definition) is 0. The van der Waals surface area contributed by atoms with Crippen molar-refractivity contribution >= 4 is 11.0 Å². The third-order valence-electron chi connectivity index (χ3n) is 4.97. The standard InChI is InChI=1S/C23H18F2N2O5/c1-30-20-11-10-14(12-21(20)31-2)22-23(28)27(19-9-4-3-8-18(19)26(22)29)32-13-15-16(24)6-5-7-17(15)25/h3-12H,13H2,1-2H3. The molecule has 0 aliphatic heterocycles. The van der Waals surface area contributed by atoms with Crippen LogP contribution in [0.25, 0.3) is 22.3 Å². The molecule has 0 unspecified atom stereocenters. The Balaban J connectivity index is 1.90. The van der Waals surface area contributed by atoms with Crippen molar-refractivity contribution < 1.29 is 27.8 Å². The van der Waals surface area contributed by atoms with Gasteiger partial charge in [-0.2, -0.15) is 4.73 Å². The molecule has 4 rings (SSSR count). The molecule has 32 heavy (non-hydrogen) atoms. The van der Waals surface area contributed by atoms with Gasteiger partial charge >= 0.3 is 5.56 Å². The van der Waals surface area contributed by atoms with Crippen LogP contribution in [0, 0.1) is 16.8 Å². The van der Waals surface area contributed by atoms with E-state index in [0.29, 0.717) is 16.2 Å². The minimum absolute atomic E-state index is 0.130. The lowest BCUT2D eigenvalue weighted by Crippen LogP contribution is -2.42. The van der Waals surface area contributed by atoms with E-state index in [2.05, 4.69) is 0 Å². The summed E-state index contributed by atoms with van der Waals surface area (Å²) in [6.07, 6.45) is 0. The molecule has 0 aliphatic rings. The molecule has 164 valence electrons. The normalized spacial score (nSPS) is 10.9. The van der Waals surface area contributed by atoms with Crippen molar-refractivity contribution in [3.05, 3.63) is 93.4 Å². The minimum atomic E-state index is -0.808. The molecule has 0 spiro atoms. The average molecular weight is 440 g/mol. The van der Waals surface area contributed by atoms with Crippen molar-refractivity contribution in [1.82, 2.24) is 4.73 Å². The second-order valence-corrected chi connectivity index (χ2v) is 6.77. The lowest BCUT2D eigenvalue weighted by Gasteiger charge is -2.15. The van der Waals surface area contributed by atoms with Gasteiger partial charge in [0.25, 0.3) is 5.69 Å². The molecule has 1 heterocycles. The van der Waals surface area contributed by atoms with Crippen molar-refractivity contribution in [3.63, 3.8) is 0 Å². The lowest BCUT2D eigenvalue weighted by atomic mass is 10.1.